The molecule has 0 rings (SSSR count). The van der Waals surface area contributed by atoms with E-state index in [4.69, 9.17) is 5.11 Å². The minimum atomic E-state index is -0.950. The largest absolute Gasteiger partial charge is 0.480 e. The predicted octanol–water partition coefficient (Wildman–Crippen LogP) is 1.79. The van der Waals surface area contributed by atoms with Gasteiger partial charge in [-0.15, -0.1) is 0 Å². The average molecular weight is 215 g/mol. The number of aliphatic carboxylic acids is 1. The average Bonchev–Trinajstić information content (AvgIpc) is 2.17. The number of carbonyl (C=O) groups is 2. The fraction of sp³-hybridized carbons (Fsp3) is 0.818. The Labute approximate surface area is 91.1 Å². The lowest BCUT2D eigenvalue weighted by Gasteiger charge is -2.16. The normalized spacial score (nSPS) is 14.3. The lowest BCUT2D eigenvalue weighted by atomic mass is 10.0. The maximum atomic E-state index is 11.5. The molecular weight excluding hydrogens is 194 g/mol. The van der Waals surface area contributed by atoms with Crippen LogP contribution >= 0.6 is 0 Å². The quantitative estimate of drug-likeness (QED) is 0.680. The smallest absolute Gasteiger partial charge is 0.326 e. The minimum Gasteiger partial charge on any atom is -0.480 e. The van der Waals surface area contributed by atoms with Gasteiger partial charge in [0, 0.05) is 5.92 Å². The summed E-state index contributed by atoms with van der Waals surface area (Å²) in [7, 11) is 0. The van der Waals surface area contributed by atoms with Crippen LogP contribution in [0.25, 0.3) is 0 Å². The standard InChI is InChI=1S/C11H21NO3/c1-4-6-8(3)10(13)12-9(7-5-2)11(14)15/h8-9H,4-7H2,1-3H3,(H,12,13)(H,14,15). The zero-order valence-corrected chi connectivity index (χ0v) is 9.75. The van der Waals surface area contributed by atoms with Crippen LogP contribution in [0.2, 0.25) is 0 Å². The number of hydrogen-bond donors (Lipinski definition) is 2. The SMILES string of the molecule is CCCC(C)C(=O)NC(CCC)C(=O)O. The Bertz CT molecular complexity index is 216. The third-order valence-electron chi connectivity index (χ3n) is 2.36. The summed E-state index contributed by atoms with van der Waals surface area (Å²) in [5, 5.41) is 11.4. The van der Waals surface area contributed by atoms with Crippen LogP contribution in [0.4, 0.5) is 0 Å². The molecule has 0 aromatic rings. The van der Waals surface area contributed by atoms with Gasteiger partial charge >= 0.3 is 5.97 Å². The van der Waals surface area contributed by atoms with E-state index in [1.165, 1.54) is 0 Å². The Hall–Kier alpha value is -1.06. The Balaban J connectivity index is 4.15. The first-order valence-corrected chi connectivity index (χ1v) is 5.56. The van der Waals surface area contributed by atoms with Gasteiger partial charge in [0.25, 0.3) is 0 Å². The summed E-state index contributed by atoms with van der Waals surface area (Å²) >= 11 is 0. The summed E-state index contributed by atoms with van der Waals surface area (Å²) in [6, 6.07) is -0.734. The third kappa shape index (κ3) is 5.40. The molecule has 2 unspecified atom stereocenters. The first kappa shape index (κ1) is 13.9. The monoisotopic (exact) mass is 215 g/mol. The molecule has 0 aromatic heterocycles. The van der Waals surface area contributed by atoms with Crippen molar-refractivity contribution in [3.63, 3.8) is 0 Å². The summed E-state index contributed by atoms with van der Waals surface area (Å²) in [5.74, 6) is -1.21. The molecule has 0 saturated carbocycles. The van der Waals surface area contributed by atoms with Crippen molar-refractivity contribution in [2.24, 2.45) is 5.92 Å². The molecule has 0 aliphatic heterocycles. The van der Waals surface area contributed by atoms with Gasteiger partial charge in [-0.05, 0) is 12.8 Å². The van der Waals surface area contributed by atoms with Gasteiger partial charge in [0.15, 0.2) is 0 Å². The first-order chi connectivity index (χ1) is 7.02. The highest BCUT2D eigenvalue weighted by atomic mass is 16.4. The maximum Gasteiger partial charge on any atom is 0.326 e. The van der Waals surface area contributed by atoms with Crippen molar-refractivity contribution in [3.8, 4) is 0 Å². The topological polar surface area (TPSA) is 66.4 Å². The number of carbonyl (C=O) groups excluding carboxylic acids is 1. The molecule has 4 heteroatoms. The summed E-state index contributed by atoms with van der Waals surface area (Å²) in [6.07, 6.45) is 2.96. The van der Waals surface area contributed by atoms with E-state index in [1.807, 2.05) is 20.8 Å². The lowest BCUT2D eigenvalue weighted by Crippen LogP contribution is -2.43. The molecule has 15 heavy (non-hydrogen) atoms. The molecule has 0 radical (unpaired) electrons. The fourth-order valence-corrected chi connectivity index (χ4v) is 1.42. The Morgan fingerprint density at radius 2 is 1.73 bits per heavy atom. The van der Waals surface area contributed by atoms with Crippen LogP contribution in [0, 0.1) is 5.92 Å². The molecular formula is C11H21NO3. The van der Waals surface area contributed by atoms with E-state index in [2.05, 4.69) is 5.32 Å². The minimum absolute atomic E-state index is 0.103. The zero-order valence-electron chi connectivity index (χ0n) is 9.75. The molecule has 0 aromatic carbocycles. The van der Waals surface area contributed by atoms with Crippen LogP contribution in [0.3, 0.4) is 0 Å². The molecule has 0 bridgehead atoms. The van der Waals surface area contributed by atoms with Gasteiger partial charge in [-0.1, -0.05) is 33.6 Å². The van der Waals surface area contributed by atoms with Gasteiger partial charge in [0.05, 0.1) is 0 Å². The van der Waals surface area contributed by atoms with Crippen LogP contribution in [0.5, 0.6) is 0 Å². The number of carboxylic acids is 1. The van der Waals surface area contributed by atoms with E-state index in [9.17, 15) is 9.59 Å². The molecule has 0 heterocycles. The summed E-state index contributed by atoms with van der Waals surface area (Å²) in [5.41, 5.74) is 0. The molecule has 4 nitrogen and oxygen atoms in total. The zero-order chi connectivity index (χ0) is 11.8. The highest BCUT2D eigenvalue weighted by molar-refractivity contribution is 5.84. The number of amides is 1. The maximum absolute atomic E-state index is 11.5. The molecule has 0 fully saturated rings. The summed E-state index contributed by atoms with van der Waals surface area (Å²) < 4.78 is 0. The van der Waals surface area contributed by atoms with Gasteiger partial charge in [-0.3, -0.25) is 4.79 Å². The van der Waals surface area contributed by atoms with E-state index < -0.39 is 12.0 Å². The molecule has 0 spiro atoms. The van der Waals surface area contributed by atoms with Crippen molar-refractivity contribution in [2.75, 3.05) is 0 Å². The van der Waals surface area contributed by atoms with Crippen LogP contribution in [-0.2, 0) is 9.59 Å². The van der Waals surface area contributed by atoms with E-state index in [1.54, 1.807) is 0 Å². The lowest BCUT2D eigenvalue weighted by molar-refractivity contribution is -0.142. The number of hydrogen-bond acceptors (Lipinski definition) is 2. The van der Waals surface area contributed by atoms with Crippen LogP contribution in [-0.4, -0.2) is 23.0 Å². The van der Waals surface area contributed by atoms with E-state index in [0.29, 0.717) is 6.42 Å². The van der Waals surface area contributed by atoms with E-state index in [0.717, 1.165) is 19.3 Å². The molecule has 88 valence electrons. The molecule has 0 aliphatic rings. The van der Waals surface area contributed by atoms with E-state index in [-0.39, 0.29) is 11.8 Å². The highest BCUT2D eigenvalue weighted by Crippen LogP contribution is 2.06. The summed E-state index contributed by atoms with van der Waals surface area (Å²) in [4.78, 5) is 22.3. The van der Waals surface area contributed by atoms with Crippen molar-refractivity contribution in [1.29, 1.82) is 0 Å². The second kappa shape index (κ2) is 7.26. The van der Waals surface area contributed by atoms with Crippen molar-refractivity contribution >= 4 is 11.9 Å². The molecule has 2 atom stereocenters. The van der Waals surface area contributed by atoms with Gasteiger partial charge in [0.1, 0.15) is 6.04 Å². The second-order valence-corrected chi connectivity index (χ2v) is 3.88. The van der Waals surface area contributed by atoms with Crippen LogP contribution in [0.1, 0.15) is 46.5 Å². The predicted molar refractivity (Wildman–Crippen MR) is 58.5 cm³/mol. The van der Waals surface area contributed by atoms with Gasteiger partial charge < -0.3 is 10.4 Å². The second-order valence-electron chi connectivity index (χ2n) is 3.88. The Kier molecular flexibility index (Phi) is 6.75. The molecule has 2 N–H and O–H groups in total. The van der Waals surface area contributed by atoms with Gasteiger partial charge in [0.2, 0.25) is 5.91 Å². The number of rotatable bonds is 7. The van der Waals surface area contributed by atoms with Gasteiger partial charge in [-0.25, -0.2) is 4.79 Å². The number of carboxylic acid groups (broad SMARTS) is 1. The van der Waals surface area contributed by atoms with Crippen molar-refractivity contribution in [3.05, 3.63) is 0 Å². The number of nitrogens with one attached hydrogen (secondary N) is 1. The van der Waals surface area contributed by atoms with Crippen molar-refractivity contribution < 1.29 is 14.7 Å². The van der Waals surface area contributed by atoms with Crippen LogP contribution < -0.4 is 5.32 Å². The van der Waals surface area contributed by atoms with Crippen LogP contribution in [0.15, 0.2) is 0 Å². The fourth-order valence-electron chi connectivity index (χ4n) is 1.42. The molecule has 1 amide bonds. The van der Waals surface area contributed by atoms with Gasteiger partial charge in [-0.2, -0.15) is 0 Å². The van der Waals surface area contributed by atoms with Crippen molar-refractivity contribution in [1.82, 2.24) is 5.32 Å². The Morgan fingerprint density at radius 1 is 1.20 bits per heavy atom. The third-order valence-corrected chi connectivity index (χ3v) is 2.36. The Morgan fingerprint density at radius 3 is 2.13 bits per heavy atom. The highest BCUT2D eigenvalue weighted by Gasteiger charge is 2.21. The van der Waals surface area contributed by atoms with E-state index >= 15 is 0 Å². The first-order valence-electron chi connectivity index (χ1n) is 5.56. The summed E-state index contributed by atoms with van der Waals surface area (Å²) in [6.45, 7) is 5.73. The van der Waals surface area contributed by atoms with Crippen molar-refractivity contribution in [2.45, 2.75) is 52.5 Å². The molecule has 0 saturated heterocycles. The molecule has 0 aliphatic carbocycles.